The summed E-state index contributed by atoms with van der Waals surface area (Å²) in [6, 6.07) is 10.2. The first-order valence-corrected chi connectivity index (χ1v) is 7.28. The highest BCUT2D eigenvalue weighted by atomic mass is 32.1. The van der Waals surface area contributed by atoms with E-state index in [2.05, 4.69) is 37.5 Å². The molecule has 19 heavy (non-hydrogen) atoms. The van der Waals surface area contributed by atoms with Gasteiger partial charge in [0.2, 0.25) is 0 Å². The lowest BCUT2D eigenvalue weighted by molar-refractivity contribution is 0.271. The van der Waals surface area contributed by atoms with E-state index in [1.54, 1.807) is 11.3 Å². The van der Waals surface area contributed by atoms with Gasteiger partial charge in [-0.25, -0.2) is 4.98 Å². The summed E-state index contributed by atoms with van der Waals surface area (Å²) in [5.74, 6) is 1.06. The van der Waals surface area contributed by atoms with Crippen LogP contribution in [0.5, 0.6) is 0 Å². The zero-order valence-corrected chi connectivity index (χ0v) is 11.5. The number of hydrazone groups is 1. The summed E-state index contributed by atoms with van der Waals surface area (Å²) in [4.78, 5) is 7.89. The summed E-state index contributed by atoms with van der Waals surface area (Å²) in [5.41, 5.74) is 0. The molecule has 98 valence electrons. The summed E-state index contributed by atoms with van der Waals surface area (Å²) >= 11 is 1.71. The minimum Gasteiger partial charge on any atom is -0.353 e. The second kappa shape index (κ2) is 5.84. The van der Waals surface area contributed by atoms with Crippen LogP contribution in [-0.2, 0) is 0 Å². The predicted molar refractivity (Wildman–Crippen MR) is 79.9 cm³/mol. The predicted octanol–water partition coefficient (Wildman–Crippen LogP) is 2.30. The van der Waals surface area contributed by atoms with E-state index in [9.17, 15) is 0 Å². The Morgan fingerprint density at radius 2 is 2.00 bits per heavy atom. The molecule has 1 saturated heterocycles. The Morgan fingerprint density at radius 1 is 1.11 bits per heavy atom. The van der Waals surface area contributed by atoms with Crippen LogP contribution < -0.4 is 4.90 Å². The van der Waals surface area contributed by atoms with E-state index in [-0.39, 0.29) is 0 Å². The third-order valence-electron chi connectivity index (χ3n) is 3.12. The normalized spacial score (nSPS) is 16.2. The standard InChI is InChI=1S/C14H16N4S/c1-2-6-15-14(5-1)17-7-9-18(10-8-17)16-12-13-4-3-11-19-13/h1-6,11-12H,7-10H2. The number of anilines is 1. The van der Waals surface area contributed by atoms with Gasteiger partial charge in [0.05, 0.1) is 19.3 Å². The van der Waals surface area contributed by atoms with Crippen molar-refractivity contribution in [3.8, 4) is 0 Å². The monoisotopic (exact) mass is 272 g/mol. The highest BCUT2D eigenvalue weighted by molar-refractivity contribution is 7.11. The van der Waals surface area contributed by atoms with Crippen LogP contribution in [0.25, 0.3) is 0 Å². The Bertz CT molecular complexity index is 516. The molecule has 0 unspecified atom stereocenters. The zero-order valence-electron chi connectivity index (χ0n) is 10.6. The van der Waals surface area contributed by atoms with Crippen LogP contribution in [0.3, 0.4) is 0 Å². The molecule has 1 fully saturated rings. The van der Waals surface area contributed by atoms with Gasteiger partial charge in [-0.05, 0) is 23.6 Å². The van der Waals surface area contributed by atoms with E-state index in [0.717, 1.165) is 32.0 Å². The molecule has 0 saturated carbocycles. The Morgan fingerprint density at radius 3 is 2.68 bits per heavy atom. The molecule has 4 nitrogen and oxygen atoms in total. The fourth-order valence-electron chi connectivity index (χ4n) is 2.08. The molecule has 0 bridgehead atoms. The molecule has 0 amide bonds. The largest absolute Gasteiger partial charge is 0.353 e. The number of piperazine rings is 1. The smallest absolute Gasteiger partial charge is 0.128 e. The van der Waals surface area contributed by atoms with Crippen LogP contribution in [0.15, 0.2) is 47.0 Å². The quantitative estimate of drug-likeness (QED) is 0.804. The molecular weight excluding hydrogens is 256 g/mol. The first-order valence-electron chi connectivity index (χ1n) is 6.40. The van der Waals surface area contributed by atoms with Gasteiger partial charge in [0.15, 0.2) is 0 Å². The molecule has 0 radical (unpaired) electrons. The van der Waals surface area contributed by atoms with Gasteiger partial charge >= 0.3 is 0 Å². The van der Waals surface area contributed by atoms with Crippen LogP contribution in [0.4, 0.5) is 5.82 Å². The van der Waals surface area contributed by atoms with E-state index in [4.69, 9.17) is 0 Å². The number of pyridine rings is 1. The fourth-order valence-corrected chi connectivity index (χ4v) is 2.66. The van der Waals surface area contributed by atoms with Gasteiger partial charge in [0, 0.05) is 24.2 Å². The van der Waals surface area contributed by atoms with Crippen molar-refractivity contribution in [1.82, 2.24) is 9.99 Å². The maximum absolute atomic E-state index is 4.53. The second-order valence-corrected chi connectivity index (χ2v) is 5.37. The number of nitrogens with zero attached hydrogens (tertiary/aromatic N) is 4. The van der Waals surface area contributed by atoms with Crippen molar-refractivity contribution in [2.75, 3.05) is 31.1 Å². The van der Waals surface area contributed by atoms with E-state index in [1.165, 1.54) is 4.88 Å². The summed E-state index contributed by atoms with van der Waals surface area (Å²) in [6.45, 7) is 3.83. The second-order valence-electron chi connectivity index (χ2n) is 4.39. The molecule has 1 aliphatic heterocycles. The molecule has 0 spiro atoms. The van der Waals surface area contributed by atoms with E-state index in [0.29, 0.717) is 0 Å². The number of hydrogen-bond donors (Lipinski definition) is 0. The van der Waals surface area contributed by atoms with Crippen LogP contribution in [0.1, 0.15) is 4.88 Å². The van der Waals surface area contributed by atoms with Gasteiger partial charge in [-0.3, -0.25) is 5.01 Å². The van der Waals surface area contributed by atoms with Crippen molar-refractivity contribution in [2.45, 2.75) is 0 Å². The average molecular weight is 272 g/mol. The van der Waals surface area contributed by atoms with Crippen LogP contribution in [0, 0.1) is 0 Å². The third-order valence-corrected chi connectivity index (χ3v) is 3.93. The molecule has 2 aromatic rings. The molecular formula is C14H16N4S. The van der Waals surface area contributed by atoms with Crippen LogP contribution in [0.2, 0.25) is 0 Å². The number of rotatable bonds is 3. The van der Waals surface area contributed by atoms with Crippen LogP contribution in [-0.4, -0.2) is 42.4 Å². The lowest BCUT2D eigenvalue weighted by Crippen LogP contribution is -2.44. The molecule has 0 N–H and O–H groups in total. The summed E-state index contributed by atoms with van der Waals surface area (Å²) < 4.78 is 0. The van der Waals surface area contributed by atoms with E-state index in [1.807, 2.05) is 30.6 Å². The number of aromatic nitrogens is 1. The SMILES string of the molecule is C(=NN1CCN(c2ccccn2)CC1)c1cccs1. The van der Waals surface area contributed by atoms with Crippen molar-refractivity contribution in [1.29, 1.82) is 0 Å². The number of hydrogen-bond acceptors (Lipinski definition) is 5. The van der Waals surface area contributed by atoms with Gasteiger partial charge < -0.3 is 4.90 Å². The molecule has 0 aromatic carbocycles. The van der Waals surface area contributed by atoms with Crippen molar-refractivity contribution in [2.24, 2.45) is 5.10 Å². The molecule has 3 rings (SSSR count). The maximum Gasteiger partial charge on any atom is 0.128 e. The lowest BCUT2D eigenvalue weighted by Gasteiger charge is -2.33. The minimum absolute atomic E-state index is 0.943. The van der Waals surface area contributed by atoms with Crippen LogP contribution >= 0.6 is 11.3 Å². The number of thiophene rings is 1. The van der Waals surface area contributed by atoms with Crippen molar-refractivity contribution >= 4 is 23.4 Å². The highest BCUT2D eigenvalue weighted by Crippen LogP contribution is 2.13. The summed E-state index contributed by atoms with van der Waals surface area (Å²) in [5, 5.41) is 8.72. The van der Waals surface area contributed by atoms with Gasteiger partial charge in [-0.1, -0.05) is 12.1 Å². The topological polar surface area (TPSA) is 31.7 Å². The molecule has 0 aliphatic carbocycles. The first kappa shape index (κ1) is 12.2. The minimum atomic E-state index is 0.943. The third kappa shape index (κ3) is 3.12. The Balaban J connectivity index is 1.55. The van der Waals surface area contributed by atoms with Crippen molar-refractivity contribution < 1.29 is 0 Å². The summed E-state index contributed by atoms with van der Waals surface area (Å²) in [7, 11) is 0. The Hall–Kier alpha value is -1.88. The average Bonchev–Trinajstić information content (AvgIpc) is 3.00. The van der Waals surface area contributed by atoms with Gasteiger partial charge in [0.1, 0.15) is 5.82 Å². The Kier molecular flexibility index (Phi) is 3.74. The molecule has 3 heterocycles. The highest BCUT2D eigenvalue weighted by Gasteiger charge is 2.15. The molecule has 2 aromatic heterocycles. The van der Waals surface area contributed by atoms with Gasteiger partial charge in [-0.15, -0.1) is 11.3 Å². The summed E-state index contributed by atoms with van der Waals surface area (Å²) in [6.07, 6.45) is 3.79. The van der Waals surface area contributed by atoms with Crippen molar-refractivity contribution in [3.63, 3.8) is 0 Å². The molecule has 1 aliphatic rings. The molecule has 5 heteroatoms. The van der Waals surface area contributed by atoms with E-state index >= 15 is 0 Å². The van der Waals surface area contributed by atoms with E-state index < -0.39 is 0 Å². The van der Waals surface area contributed by atoms with Crippen molar-refractivity contribution in [3.05, 3.63) is 46.8 Å². The zero-order chi connectivity index (χ0) is 12.9. The fraction of sp³-hybridized carbons (Fsp3) is 0.286. The first-order chi connectivity index (χ1) is 9.42. The van der Waals surface area contributed by atoms with Gasteiger partial charge in [-0.2, -0.15) is 5.10 Å². The molecule has 0 atom stereocenters. The Labute approximate surface area is 117 Å². The lowest BCUT2D eigenvalue weighted by atomic mass is 10.3. The van der Waals surface area contributed by atoms with Gasteiger partial charge in [0.25, 0.3) is 0 Å². The maximum atomic E-state index is 4.53.